The van der Waals surface area contributed by atoms with Gasteiger partial charge in [0.1, 0.15) is 11.5 Å². The summed E-state index contributed by atoms with van der Waals surface area (Å²) < 4.78 is 0. The Morgan fingerprint density at radius 2 is 1.61 bits per heavy atom. The lowest BCUT2D eigenvalue weighted by molar-refractivity contribution is 0.452. The lowest BCUT2D eigenvalue weighted by Gasteiger charge is -2.18. The summed E-state index contributed by atoms with van der Waals surface area (Å²) in [5, 5.41) is 21.1. The van der Waals surface area contributed by atoms with E-state index in [0.717, 1.165) is 41.5 Å². The Kier molecular flexibility index (Phi) is 5.70. The highest BCUT2D eigenvalue weighted by molar-refractivity contribution is 5.81. The van der Waals surface area contributed by atoms with Crippen LogP contribution in [0.5, 0.6) is 11.5 Å². The first-order valence-electron chi connectivity index (χ1n) is 8.60. The topological polar surface area (TPSA) is 40.5 Å². The number of unbranched alkanes of at least 4 members (excludes halogenated alkanes) is 2. The van der Waals surface area contributed by atoms with Crippen LogP contribution in [-0.4, -0.2) is 10.2 Å². The van der Waals surface area contributed by atoms with Crippen molar-refractivity contribution < 1.29 is 10.2 Å². The molecule has 2 heteroatoms. The van der Waals surface area contributed by atoms with Crippen LogP contribution in [0.25, 0.3) is 11.1 Å². The maximum atomic E-state index is 10.6. The second-order valence-electron chi connectivity index (χ2n) is 6.66. The first-order valence-corrected chi connectivity index (χ1v) is 8.60. The number of rotatable bonds is 6. The van der Waals surface area contributed by atoms with E-state index in [0.29, 0.717) is 11.5 Å². The quantitative estimate of drug-likeness (QED) is 0.649. The maximum absolute atomic E-state index is 10.6. The normalized spacial score (nSPS) is 11.2. The minimum absolute atomic E-state index is 0.174. The molecule has 0 aromatic heterocycles. The van der Waals surface area contributed by atoms with Crippen LogP contribution in [0, 0.1) is 6.92 Å². The van der Waals surface area contributed by atoms with Gasteiger partial charge in [-0.1, -0.05) is 51.8 Å². The summed E-state index contributed by atoms with van der Waals surface area (Å²) in [5.74, 6) is 0.674. The second kappa shape index (κ2) is 7.54. The van der Waals surface area contributed by atoms with E-state index < -0.39 is 0 Å². The Bertz CT molecular complexity index is 649. The summed E-state index contributed by atoms with van der Waals surface area (Å²) in [4.78, 5) is 0. The van der Waals surface area contributed by atoms with Gasteiger partial charge in [0.05, 0.1) is 5.56 Å². The van der Waals surface area contributed by atoms with Crippen molar-refractivity contribution in [3.05, 3.63) is 47.0 Å². The van der Waals surface area contributed by atoms with E-state index in [9.17, 15) is 10.2 Å². The molecule has 0 unspecified atom stereocenters. The van der Waals surface area contributed by atoms with Crippen molar-refractivity contribution in [1.29, 1.82) is 0 Å². The fourth-order valence-electron chi connectivity index (χ4n) is 3.16. The molecule has 0 bridgehead atoms. The van der Waals surface area contributed by atoms with Crippen molar-refractivity contribution in [2.45, 2.75) is 59.3 Å². The van der Waals surface area contributed by atoms with Gasteiger partial charge in [0.15, 0.2) is 0 Å². The number of aromatic hydroxyl groups is 2. The molecule has 2 aromatic carbocycles. The molecule has 0 saturated carbocycles. The molecule has 0 amide bonds. The van der Waals surface area contributed by atoms with Gasteiger partial charge in [0.2, 0.25) is 0 Å². The van der Waals surface area contributed by atoms with E-state index in [1.165, 1.54) is 6.42 Å². The lowest BCUT2D eigenvalue weighted by atomic mass is 9.87. The van der Waals surface area contributed by atoms with E-state index in [2.05, 4.69) is 26.8 Å². The van der Waals surface area contributed by atoms with Crippen LogP contribution in [0.15, 0.2) is 30.3 Å². The molecule has 0 spiro atoms. The molecule has 0 heterocycles. The lowest BCUT2D eigenvalue weighted by Crippen LogP contribution is -1.97. The summed E-state index contributed by atoms with van der Waals surface area (Å²) in [6.07, 6.45) is 4.30. The highest BCUT2D eigenvalue weighted by atomic mass is 16.3. The first-order chi connectivity index (χ1) is 11.0. The van der Waals surface area contributed by atoms with Crippen LogP contribution in [0.2, 0.25) is 0 Å². The van der Waals surface area contributed by atoms with Crippen molar-refractivity contribution in [2.75, 3.05) is 0 Å². The van der Waals surface area contributed by atoms with Crippen LogP contribution in [0.1, 0.15) is 62.6 Å². The molecule has 0 aliphatic carbocycles. The molecule has 2 N–H and O–H groups in total. The molecule has 0 aliphatic rings. The standard InChI is InChI=1S/C21H28O2/c1-5-6-7-10-16-12-18(22)21(19(23)13-16)20-15(4)9-8-11-17(20)14(2)3/h8-9,11-14,22-23H,5-7,10H2,1-4H3. The number of benzene rings is 2. The van der Waals surface area contributed by atoms with Crippen LogP contribution in [0.3, 0.4) is 0 Å². The summed E-state index contributed by atoms with van der Waals surface area (Å²) in [6.45, 7) is 8.45. The Labute approximate surface area is 139 Å². The minimum Gasteiger partial charge on any atom is -0.507 e. The third-order valence-corrected chi connectivity index (χ3v) is 4.40. The molecule has 2 aromatic rings. The van der Waals surface area contributed by atoms with Crippen molar-refractivity contribution in [3.63, 3.8) is 0 Å². The Balaban J connectivity index is 2.49. The van der Waals surface area contributed by atoms with Gasteiger partial charge in [-0.05, 0) is 60.1 Å². The third kappa shape index (κ3) is 3.87. The Morgan fingerprint density at radius 1 is 0.957 bits per heavy atom. The molecule has 0 aliphatic heterocycles. The zero-order valence-corrected chi connectivity index (χ0v) is 14.7. The molecular formula is C21H28O2. The second-order valence-corrected chi connectivity index (χ2v) is 6.66. The van der Waals surface area contributed by atoms with E-state index in [1.54, 1.807) is 12.1 Å². The first kappa shape index (κ1) is 17.4. The maximum Gasteiger partial charge on any atom is 0.127 e. The van der Waals surface area contributed by atoms with Crippen LogP contribution < -0.4 is 0 Å². The zero-order chi connectivity index (χ0) is 17.0. The number of aryl methyl sites for hydroxylation is 2. The van der Waals surface area contributed by atoms with Crippen molar-refractivity contribution in [2.24, 2.45) is 0 Å². The summed E-state index contributed by atoms with van der Waals surface area (Å²) in [5.41, 5.74) is 4.73. The number of hydrogen-bond acceptors (Lipinski definition) is 2. The van der Waals surface area contributed by atoms with Gasteiger partial charge in [0.25, 0.3) is 0 Å². The molecule has 2 rings (SSSR count). The third-order valence-electron chi connectivity index (χ3n) is 4.40. The summed E-state index contributed by atoms with van der Waals surface area (Å²) in [7, 11) is 0. The van der Waals surface area contributed by atoms with Crippen molar-refractivity contribution in [1.82, 2.24) is 0 Å². The molecule has 23 heavy (non-hydrogen) atoms. The number of phenols is 2. The molecule has 0 radical (unpaired) electrons. The SMILES string of the molecule is CCCCCc1cc(O)c(-c2c(C)cccc2C(C)C)c(O)c1. The Morgan fingerprint density at radius 3 is 2.17 bits per heavy atom. The summed E-state index contributed by atoms with van der Waals surface area (Å²) >= 11 is 0. The van der Waals surface area contributed by atoms with Gasteiger partial charge < -0.3 is 10.2 Å². The van der Waals surface area contributed by atoms with Crippen LogP contribution in [0.4, 0.5) is 0 Å². The number of hydrogen-bond donors (Lipinski definition) is 2. The van der Waals surface area contributed by atoms with Gasteiger partial charge in [-0.2, -0.15) is 0 Å². The average molecular weight is 312 g/mol. The van der Waals surface area contributed by atoms with Crippen molar-refractivity contribution in [3.8, 4) is 22.6 Å². The van der Waals surface area contributed by atoms with Crippen LogP contribution >= 0.6 is 0 Å². The highest BCUT2D eigenvalue weighted by Crippen LogP contribution is 2.43. The van der Waals surface area contributed by atoms with Gasteiger partial charge in [-0.15, -0.1) is 0 Å². The fourth-order valence-corrected chi connectivity index (χ4v) is 3.16. The van der Waals surface area contributed by atoms with Crippen LogP contribution in [-0.2, 0) is 6.42 Å². The fraction of sp³-hybridized carbons (Fsp3) is 0.429. The molecule has 0 saturated heterocycles. The van der Waals surface area contributed by atoms with E-state index in [-0.39, 0.29) is 11.5 Å². The molecule has 0 fully saturated rings. The van der Waals surface area contributed by atoms with Gasteiger partial charge in [-0.3, -0.25) is 0 Å². The predicted octanol–water partition coefficient (Wildman–Crippen LogP) is 5.93. The molecule has 2 nitrogen and oxygen atoms in total. The number of phenolic OH excluding ortho intramolecular Hbond substituents is 2. The largest absolute Gasteiger partial charge is 0.507 e. The zero-order valence-electron chi connectivity index (χ0n) is 14.7. The van der Waals surface area contributed by atoms with Gasteiger partial charge >= 0.3 is 0 Å². The molecule has 124 valence electrons. The van der Waals surface area contributed by atoms with E-state index in [1.807, 2.05) is 19.1 Å². The monoisotopic (exact) mass is 312 g/mol. The van der Waals surface area contributed by atoms with E-state index in [4.69, 9.17) is 0 Å². The van der Waals surface area contributed by atoms with Gasteiger partial charge in [-0.25, -0.2) is 0 Å². The van der Waals surface area contributed by atoms with Crippen molar-refractivity contribution >= 4 is 0 Å². The highest BCUT2D eigenvalue weighted by Gasteiger charge is 2.18. The summed E-state index contributed by atoms with van der Waals surface area (Å²) in [6, 6.07) is 9.74. The predicted molar refractivity (Wildman–Crippen MR) is 97.3 cm³/mol. The smallest absolute Gasteiger partial charge is 0.127 e. The molecule has 0 atom stereocenters. The average Bonchev–Trinajstić information content (AvgIpc) is 2.48. The minimum atomic E-state index is 0.174. The molecular weight excluding hydrogens is 284 g/mol. The van der Waals surface area contributed by atoms with Gasteiger partial charge in [0, 0.05) is 0 Å². The van der Waals surface area contributed by atoms with E-state index >= 15 is 0 Å². The Hall–Kier alpha value is -1.96.